The Kier molecular flexibility index (Phi) is 6.60. The fraction of sp³-hybridized carbons (Fsp3) is 0.500. The van der Waals surface area contributed by atoms with Crippen LogP contribution in [0, 0.1) is 11.5 Å². The third kappa shape index (κ3) is 2.76. The number of allylic oxidation sites excluding steroid dienone is 8. The van der Waals surface area contributed by atoms with Crippen molar-refractivity contribution in [1.82, 2.24) is 0 Å². The van der Waals surface area contributed by atoms with Gasteiger partial charge in [0.15, 0.2) is 0 Å². The molecule has 0 aromatic heterocycles. The van der Waals surface area contributed by atoms with Gasteiger partial charge in [0, 0.05) is 0 Å². The molecule has 0 saturated carbocycles. The van der Waals surface area contributed by atoms with Crippen LogP contribution in [0.1, 0.15) is 47.0 Å². The molecule has 0 fully saturated rings. The second kappa shape index (κ2) is 6.46. The Labute approximate surface area is 148 Å². The van der Waals surface area contributed by atoms with Crippen LogP contribution >= 0.6 is 0 Å². The van der Waals surface area contributed by atoms with Crippen LogP contribution < -0.4 is 24.8 Å². The summed E-state index contributed by atoms with van der Waals surface area (Å²) in [6.45, 7) is 9.14. The molecule has 3 heteroatoms. The van der Waals surface area contributed by atoms with E-state index in [4.69, 9.17) is 0 Å². The van der Waals surface area contributed by atoms with Crippen molar-refractivity contribution in [3.63, 3.8) is 0 Å². The summed E-state index contributed by atoms with van der Waals surface area (Å²) in [7, 11) is 0. The average Bonchev–Trinajstić information content (AvgIpc) is 2.80. The number of fused-ring (bicyclic) bond motifs is 1. The van der Waals surface area contributed by atoms with E-state index in [0.717, 1.165) is 6.42 Å². The van der Waals surface area contributed by atoms with Crippen molar-refractivity contribution in [2.75, 3.05) is 0 Å². The fourth-order valence-corrected chi connectivity index (χ4v) is 3.72. The molecule has 1 radical (unpaired) electrons. The SMILES string of the molecule is CC1=CC(C)=C(C2(C)[C-]=C3CCC2=C3C)C1.[Cl-].[Cl-].[Zr+3]. The molecule has 3 aliphatic carbocycles. The summed E-state index contributed by atoms with van der Waals surface area (Å²) in [5.74, 6) is 0. The van der Waals surface area contributed by atoms with Crippen LogP contribution in [0.5, 0.6) is 0 Å². The minimum Gasteiger partial charge on any atom is -1.00 e. The topological polar surface area (TPSA) is 0 Å². The van der Waals surface area contributed by atoms with Gasteiger partial charge in [0.25, 0.3) is 0 Å². The molecule has 2 bridgehead atoms. The monoisotopic (exact) mass is 371 g/mol. The van der Waals surface area contributed by atoms with E-state index in [1.54, 1.807) is 11.1 Å². The molecule has 0 nitrogen and oxygen atoms in total. The average molecular weight is 373 g/mol. The molecule has 0 aliphatic heterocycles. The van der Waals surface area contributed by atoms with E-state index in [2.05, 4.69) is 39.8 Å². The molecule has 0 N–H and O–H groups in total. The minimum atomic E-state index is 0. The van der Waals surface area contributed by atoms with Gasteiger partial charge in [0.05, 0.1) is 0 Å². The molecule has 0 aromatic rings. The maximum Gasteiger partial charge on any atom is 3.00 e. The Morgan fingerprint density at radius 3 is 2.05 bits per heavy atom. The second-order valence-corrected chi connectivity index (χ2v) is 5.66. The molecule has 0 saturated heterocycles. The molecule has 1 atom stereocenters. The second-order valence-electron chi connectivity index (χ2n) is 5.66. The standard InChI is InChI=1S/C16H19.2ClH.Zr/c1-10-7-11(2)15(8-10)16(4)9-13-5-6-14(16)12(13)3;;;/h7H,5-6,8H2,1-4H3;2*1H;/q-1;;;+3/p-2. The van der Waals surface area contributed by atoms with E-state index in [1.807, 2.05) is 0 Å². The van der Waals surface area contributed by atoms with Crippen LogP contribution in [-0.4, -0.2) is 0 Å². The van der Waals surface area contributed by atoms with Crippen molar-refractivity contribution in [2.45, 2.75) is 47.0 Å². The van der Waals surface area contributed by atoms with Gasteiger partial charge >= 0.3 is 26.2 Å². The molecule has 101 valence electrons. The van der Waals surface area contributed by atoms with E-state index in [9.17, 15) is 0 Å². The third-order valence-corrected chi connectivity index (χ3v) is 4.53. The van der Waals surface area contributed by atoms with Crippen molar-refractivity contribution >= 4 is 0 Å². The van der Waals surface area contributed by atoms with Crippen molar-refractivity contribution in [1.29, 1.82) is 0 Å². The fourth-order valence-electron chi connectivity index (χ4n) is 3.72. The predicted molar refractivity (Wildman–Crippen MR) is 67.9 cm³/mol. The summed E-state index contributed by atoms with van der Waals surface area (Å²) < 4.78 is 0. The molecule has 0 heterocycles. The van der Waals surface area contributed by atoms with E-state index in [1.165, 1.54) is 35.1 Å². The predicted octanol–water partition coefficient (Wildman–Crippen LogP) is -1.48. The van der Waals surface area contributed by atoms with Gasteiger partial charge in [-0.2, -0.15) is 11.1 Å². The van der Waals surface area contributed by atoms with Gasteiger partial charge in [-0.15, -0.1) is 6.92 Å². The normalized spacial score (nSPS) is 27.6. The van der Waals surface area contributed by atoms with Crippen molar-refractivity contribution in [3.8, 4) is 0 Å². The first-order valence-corrected chi connectivity index (χ1v) is 6.24. The van der Waals surface area contributed by atoms with Crippen LogP contribution in [0.3, 0.4) is 0 Å². The smallest absolute Gasteiger partial charge is 1.00 e. The quantitative estimate of drug-likeness (QED) is 0.492. The largest absolute Gasteiger partial charge is 3.00 e. The minimum absolute atomic E-state index is 0. The zero-order chi connectivity index (χ0) is 11.5. The van der Waals surface area contributed by atoms with Crippen LogP contribution in [-0.2, 0) is 26.2 Å². The van der Waals surface area contributed by atoms with Crippen molar-refractivity contribution < 1.29 is 51.0 Å². The summed E-state index contributed by atoms with van der Waals surface area (Å²) in [5.41, 5.74) is 9.36. The molecule has 3 rings (SSSR count). The first-order chi connectivity index (χ1) is 7.52. The number of hydrogen-bond acceptors (Lipinski definition) is 0. The van der Waals surface area contributed by atoms with Gasteiger partial charge in [-0.1, -0.05) is 41.6 Å². The Morgan fingerprint density at radius 2 is 1.68 bits per heavy atom. The summed E-state index contributed by atoms with van der Waals surface area (Å²) >= 11 is 0. The Balaban J connectivity index is 0.00000108. The maximum absolute atomic E-state index is 3.76. The summed E-state index contributed by atoms with van der Waals surface area (Å²) in [6.07, 6.45) is 9.75. The van der Waals surface area contributed by atoms with E-state index < -0.39 is 0 Å². The first-order valence-electron chi connectivity index (χ1n) is 6.24. The van der Waals surface area contributed by atoms with Gasteiger partial charge in [-0.3, -0.25) is 6.08 Å². The molecule has 19 heavy (non-hydrogen) atoms. The molecule has 1 unspecified atom stereocenters. The Bertz CT molecular complexity index is 509. The molecule has 0 spiro atoms. The summed E-state index contributed by atoms with van der Waals surface area (Å²) in [6, 6.07) is 0. The molecule has 3 aliphatic rings. The number of hydrogen-bond donors (Lipinski definition) is 0. The van der Waals surface area contributed by atoms with Crippen LogP contribution in [0.15, 0.2) is 39.5 Å². The van der Waals surface area contributed by atoms with Crippen LogP contribution in [0.4, 0.5) is 0 Å². The summed E-state index contributed by atoms with van der Waals surface area (Å²) in [4.78, 5) is 0. The Hall–Kier alpha value is 0.423. The van der Waals surface area contributed by atoms with E-state index in [-0.39, 0.29) is 56.4 Å². The number of halogens is 2. The zero-order valence-electron chi connectivity index (χ0n) is 12.0. The van der Waals surface area contributed by atoms with Crippen molar-refractivity contribution in [2.24, 2.45) is 5.41 Å². The third-order valence-electron chi connectivity index (χ3n) is 4.53. The van der Waals surface area contributed by atoms with Gasteiger partial charge in [0.2, 0.25) is 0 Å². The van der Waals surface area contributed by atoms with Crippen molar-refractivity contribution in [3.05, 3.63) is 45.6 Å². The number of rotatable bonds is 1. The molecular formula is C16H19Cl2Zr. The molecular weight excluding hydrogens is 354 g/mol. The molecule has 0 aromatic carbocycles. The van der Waals surface area contributed by atoms with Gasteiger partial charge in [0.1, 0.15) is 0 Å². The van der Waals surface area contributed by atoms with Gasteiger partial charge < -0.3 is 24.8 Å². The zero-order valence-corrected chi connectivity index (χ0v) is 15.9. The van der Waals surface area contributed by atoms with Crippen LogP contribution in [0.25, 0.3) is 0 Å². The Morgan fingerprint density at radius 1 is 1.05 bits per heavy atom. The van der Waals surface area contributed by atoms with Gasteiger partial charge in [-0.25, -0.2) is 5.57 Å². The maximum atomic E-state index is 3.76. The molecule has 0 amide bonds. The van der Waals surface area contributed by atoms with E-state index >= 15 is 0 Å². The van der Waals surface area contributed by atoms with E-state index in [0.29, 0.717) is 0 Å². The van der Waals surface area contributed by atoms with Crippen LogP contribution in [0.2, 0.25) is 0 Å². The van der Waals surface area contributed by atoms with Gasteiger partial charge in [-0.05, 0) is 26.7 Å². The summed E-state index contributed by atoms with van der Waals surface area (Å²) in [5, 5.41) is 0. The first kappa shape index (κ1) is 19.4.